The number of carbonyl (C=O) groups excluding carboxylic acids is 1. The molecule has 0 saturated heterocycles. The van der Waals surface area contributed by atoms with Gasteiger partial charge in [0, 0.05) is 31.1 Å². The zero-order chi connectivity index (χ0) is 20.5. The number of halogens is 3. The molecule has 0 fully saturated rings. The summed E-state index contributed by atoms with van der Waals surface area (Å²) in [6.07, 6.45) is -4.78. The molecule has 8 nitrogen and oxygen atoms in total. The van der Waals surface area contributed by atoms with Crippen LogP contribution in [0.4, 0.5) is 18.9 Å². The van der Waals surface area contributed by atoms with Gasteiger partial charge in [0.1, 0.15) is 5.75 Å². The standard InChI is InChI=1S/C17H13F3N4O4/c1-23(9-10-2-5-12(6-3-10)28-17(18,19)20)16(25)15-13-8-11(24(26)27)4-7-14(13)21-22-15/h2-8H,9H2,1H3,(H,21,22). The van der Waals surface area contributed by atoms with Gasteiger partial charge in [-0.25, -0.2) is 0 Å². The Morgan fingerprint density at radius 3 is 2.54 bits per heavy atom. The van der Waals surface area contributed by atoms with Gasteiger partial charge in [0.25, 0.3) is 11.6 Å². The molecule has 11 heteroatoms. The molecule has 0 unspecified atom stereocenters. The molecule has 3 rings (SSSR count). The Balaban J connectivity index is 1.77. The van der Waals surface area contributed by atoms with Crippen LogP contribution in [0.25, 0.3) is 10.9 Å². The van der Waals surface area contributed by atoms with Crippen molar-refractivity contribution in [1.82, 2.24) is 15.1 Å². The molecule has 1 aromatic heterocycles. The van der Waals surface area contributed by atoms with Crippen molar-refractivity contribution < 1.29 is 27.6 Å². The highest BCUT2D eigenvalue weighted by Crippen LogP contribution is 2.25. The van der Waals surface area contributed by atoms with E-state index in [-0.39, 0.29) is 23.7 Å². The third-order valence-corrected chi connectivity index (χ3v) is 3.88. The Hall–Kier alpha value is -3.63. The van der Waals surface area contributed by atoms with Gasteiger partial charge in [-0.15, -0.1) is 13.2 Å². The number of ether oxygens (including phenoxy) is 1. The zero-order valence-electron chi connectivity index (χ0n) is 14.4. The molecule has 1 amide bonds. The minimum atomic E-state index is -4.78. The lowest BCUT2D eigenvalue weighted by Crippen LogP contribution is -2.26. The van der Waals surface area contributed by atoms with Gasteiger partial charge in [-0.1, -0.05) is 12.1 Å². The molecule has 0 radical (unpaired) electrons. The lowest BCUT2D eigenvalue weighted by Gasteiger charge is -2.16. The van der Waals surface area contributed by atoms with Crippen LogP contribution in [0.3, 0.4) is 0 Å². The molecule has 28 heavy (non-hydrogen) atoms. The number of nitrogens with one attached hydrogen (secondary N) is 1. The fourth-order valence-corrected chi connectivity index (χ4v) is 2.60. The van der Waals surface area contributed by atoms with Crippen molar-refractivity contribution in [3.8, 4) is 5.75 Å². The summed E-state index contributed by atoms with van der Waals surface area (Å²) < 4.78 is 40.4. The second-order valence-electron chi connectivity index (χ2n) is 5.91. The summed E-state index contributed by atoms with van der Waals surface area (Å²) in [6, 6.07) is 9.10. The van der Waals surface area contributed by atoms with Crippen LogP contribution in [0.1, 0.15) is 16.1 Å². The lowest BCUT2D eigenvalue weighted by molar-refractivity contribution is -0.384. The van der Waals surface area contributed by atoms with E-state index in [0.29, 0.717) is 16.5 Å². The van der Waals surface area contributed by atoms with E-state index >= 15 is 0 Å². The Labute approximate surface area is 155 Å². The van der Waals surface area contributed by atoms with Crippen molar-refractivity contribution in [3.05, 3.63) is 63.8 Å². The molecular formula is C17H13F3N4O4. The highest BCUT2D eigenvalue weighted by molar-refractivity contribution is 6.05. The number of nitro groups is 1. The van der Waals surface area contributed by atoms with Gasteiger partial charge in [-0.2, -0.15) is 5.10 Å². The first-order valence-corrected chi connectivity index (χ1v) is 7.87. The van der Waals surface area contributed by atoms with Crippen molar-refractivity contribution >= 4 is 22.5 Å². The van der Waals surface area contributed by atoms with E-state index in [1.54, 1.807) is 0 Å². The molecule has 1 heterocycles. The highest BCUT2D eigenvalue weighted by atomic mass is 19.4. The number of H-pyrrole nitrogens is 1. The molecule has 0 atom stereocenters. The largest absolute Gasteiger partial charge is 0.573 e. The second-order valence-corrected chi connectivity index (χ2v) is 5.91. The molecule has 0 aliphatic carbocycles. The van der Waals surface area contributed by atoms with Crippen LogP contribution in [0, 0.1) is 10.1 Å². The van der Waals surface area contributed by atoms with E-state index in [4.69, 9.17) is 0 Å². The van der Waals surface area contributed by atoms with Crippen LogP contribution in [-0.4, -0.2) is 39.3 Å². The SMILES string of the molecule is CN(Cc1ccc(OC(F)(F)F)cc1)C(=O)c1n[nH]c2ccc([N+](=O)[O-])cc12. The Bertz CT molecular complexity index is 1030. The molecule has 2 aromatic carbocycles. The zero-order valence-corrected chi connectivity index (χ0v) is 14.4. The second kappa shape index (κ2) is 7.18. The lowest BCUT2D eigenvalue weighted by atomic mass is 10.1. The fraction of sp³-hybridized carbons (Fsp3) is 0.176. The average Bonchev–Trinajstić information content (AvgIpc) is 3.04. The summed E-state index contributed by atoms with van der Waals surface area (Å²) in [5.41, 5.74) is 0.872. The third kappa shape index (κ3) is 4.19. The number of rotatable bonds is 5. The summed E-state index contributed by atoms with van der Waals surface area (Å²) in [4.78, 5) is 24.3. The quantitative estimate of drug-likeness (QED) is 0.526. The maximum atomic E-state index is 12.7. The number of aromatic amines is 1. The van der Waals surface area contributed by atoms with E-state index in [0.717, 1.165) is 12.1 Å². The molecule has 0 bridgehead atoms. The summed E-state index contributed by atoms with van der Waals surface area (Å²) in [7, 11) is 1.49. The number of amides is 1. The molecule has 1 N–H and O–H groups in total. The predicted octanol–water partition coefficient (Wildman–Crippen LogP) is 3.64. The number of carbonyl (C=O) groups is 1. The Morgan fingerprint density at radius 1 is 1.25 bits per heavy atom. The molecule has 0 aliphatic heterocycles. The minimum Gasteiger partial charge on any atom is -0.406 e. The van der Waals surface area contributed by atoms with Crippen molar-refractivity contribution in [2.75, 3.05) is 7.05 Å². The highest BCUT2D eigenvalue weighted by Gasteiger charge is 2.31. The van der Waals surface area contributed by atoms with Crippen LogP contribution in [0.5, 0.6) is 5.75 Å². The van der Waals surface area contributed by atoms with E-state index in [2.05, 4.69) is 14.9 Å². The Morgan fingerprint density at radius 2 is 1.93 bits per heavy atom. The molecular weight excluding hydrogens is 381 g/mol. The topological polar surface area (TPSA) is 101 Å². The number of nitrogens with zero attached hydrogens (tertiary/aromatic N) is 3. The van der Waals surface area contributed by atoms with E-state index in [1.807, 2.05) is 0 Å². The third-order valence-electron chi connectivity index (χ3n) is 3.88. The first-order chi connectivity index (χ1) is 13.1. The van der Waals surface area contributed by atoms with Gasteiger partial charge >= 0.3 is 6.36 Å². The van der Waals surface area contributed by atoms with Gasteiger partial charge in [0.15, 0.2) is 5.69 Å². The van der Waals surface area contributed by atoms with Crippen LogP contribution in [-0.2, 0) is 6.54 Å². The van der Waals surface area contributed by atoms with Gasteiger partial charge in [0.05, 0.1) is 10.4 Å². The number of non-ortho nitro benzene ring substituents is 1. The number of hydrogen-bond donors (Lipinski definition) is 1. The van der Waals surface area contributed by atoms with Crippen LogP contribution in [0.2, 0.25) is 0 Å². The van der Waals surface area contributed by atoms with E-state index < -0.39 is 17.2 Å². The fourth-order valence-electron chi connectivity index (χ4n) is 2.60. The summed E-state index contributed by atoms with van der Waals surface area (Å²) in [6.45, 7) is 0.0917. The van der Waals surface area contributed by atoms with Crippen LogP contribution < -0.4 is 4.74 Å². The minimum absolute atomic E-state index is 0.0122. The monoisotopic (exact) mass is 394 g/mol. The molecule has 0 saturated carbocycles. The van der Waals surface area contributed by atoms with Crippen molar-refractivity contribution in [3.63, 3.8) is 0 Å². The van der Waals surface area contributed by atoms with Gasteiger partial charge in [-0.3, -0.25) is 20.0 Å². The number of alkyl halides is 3. The molecule has 0 spiro atoms. The maximum absolute atomic E-state index is 12.7. The Kier molecular flexibility index (Phi) is 4.91. The van der Waals surface area contributed by atoms with Crippen LogP contribution in [0.15, 0.2) is 42.5 Å². The van der Waals surface area contributed by atoms with Crippen LogP contribution >= 0.6 is 0 Å². The van der Waals surface area contributed by atoms with Crippen molar-refractivity contribution in [2.45, 2.75) is 12.9 Å². The van der Waals surface area contributed by atoms with Crippen molar-refractivity contribution in [1.29, 1.82) is 0 Å². The number of fused-ring (bicyclic) bond motifs is 1. The van der Waals surface area contributed by atoms with Crippen molar-refractivity contribution in [2.24, 2.45) is 0 Å². The first-order valence-electron chi connectivity index (χ1n) is 7.87. The molecule has 0 aliphatic rings. The summed E-state index contributed by atoms with van der Waals surface area (Å²) >= 11 is 0. The normalized spacial score (nSPS) is 11.4. The smallest absolute Gasteiger partial charge is 0.406 e. The number of benzene rings is 2. The number of hydrogen-bond acceptors (Lipinski definition) is 5. The number of aromatic nitrogens is 2. The molecule has 146 valence electrons. The maximum Gasteiger partial charge on any atom is 0.573 e. The van der Waals surface area contributed by atoms with E-state index in [1.165, 1.54) is 42.3 Å². The van der Waals surface area contributed by atoms with Gasteiger partial charge in [-0.05, 0) is 23.8 Å². The average molecular weight is 394 g/mol. The number of nitro benzene ring substituents is 1. The molecule has 3 aromatic rings. The first kappa shape index (κ1) is 19.1. The van der Waals surface area contributed by atoms with E-state index in [9.17, 15) is 28.1 Å². The van der Waals surface area contributed by atoms with Gasteiger partial charge < -0.3 is 9.64 Å². The predicted molar refractivity (Wildman–Crippen MR) is 91.7 cm³/mol. The summed E-state index contributed by atoms with van der Waals surface area (Å²) in [5.74, 6) is -0.863. The van der Waals surface area contributed by atoms with Gasteiger partial charge in [0.2, 0.25) is 0 Å². The summed E-state index contributed by atoms with van der Waals surface area (Å²) in [5, 5.41) is 17.8.